The molecule has 18 heavy (non-hydrogen) atoms. The van der Waals surface area contributed by atoms with Gasteiger partial charge in [0, 0.05) is 24.1 Å². The van der Waals surface area contributed by atoms with Gasteiger partial charge in [-0.15, -0.1) is 0 Å². The van der Waals surface area contributed by atoms with E-state index >= 15 is 0 Å². The third kappa shape index (κ3) is 3.59. The molecule has 0 spiro atoms. The standard InChI is InChI=1S/C15H20N2O/c1-10(2)11(3)17-15(18)14-8-6-7-13(9-14)12(4)16-5/h6-12H,1-4H3,(H,17,18). The van der Waals surface area contributed by atoms with Gasteiger partial charge in [0.2, 0.25) is 6.04 Å². The number of amides is 1. The van der Waals surface area contributed by atoms with Gasteiger partial charge in [-0.05, 0) is 25.0 Å². The molecule has 0 heterocycles. The van der Waals surface area contributed by atoms with Crippen LogP contribution in [0.25, 0.3) is 4.85 Å². The first-order chi connectivity index (χ1) is 8.45. The van der Waals surface area contributed by atoms with E-state index in [4.69, 9.17) is 6.57 Å². The van der Waals surface area contributed by atoms with Gasteiger partial charge in [-0.25, -0.2) is 6.57 Å². The van der Waals surface area contributed by atoms with Crippen molar-refractivity contribution in [3.63, 3.8) is 0 Å². The second-order valence-corrected chi connectivity index (χ2v) is 4.94. The van der Waals surface area contributed by atoms with Crippen molar-refractivity contribution >= 4 is 5.91 Å². The van der Waals surface area contributed by atoms with Gasteiger partial charge >= 0.3 is 0 Å². The molecule has 1 amide bonds. The lowest BCUT2D eigenvalue weighted by Gasteiger charge is -2.17. The number of hydrogen-bond acceptors (Lipinski definition) is 1. The molecule has 1 rings (SSSR count). The highest BCUT2D eigenvalue weighted by Crippen LogP contribution is 2.17. The summed E-state index contributed by atoms with van der Waals surface area (Å²) in [5, 5.41) is 2.96. The Morgan fingerprint density at radius 3 is 2.50 bits per heavy atom. The van der Waals surface area contributed by atoms with Crippen LogP contribution >= 0.6 is 0 Å². The fourth-order valence-electron chi connectivity index (χ4n) is 1.47. The molecule has 0 saturated heterocycles. The Morgan fingerprint density at radius 1 is 1.28 bits per heavy atom. The lowest BCUT2D eigenvalue weighted by atomic mass is 10.0. The molecule has 2 unspecified atom stereocenters. The SMILES string of the molecule is [C-]#[N+]C(C)c1cccc(C(=O)NC(C)C(C)C)c1. The third-order valence-electron chi connectivity index (χ3n) is 3.18. The molecular weight excluding hydrogens is 224 g/mol. The number of benzene rings is 1. The Morgan fingerprint density at radius 2 is 1.94 bits per heavy atom. The highest BCUT2D eigenvalue weighted by atomic mass is 16.1. The normalized spacial score (nSPS) is 13.8. The van der Waals surface area contributed by atoms with Gasteiger partial charge in [0.25, 0.3) is 5.91 Å². The van der Waals surface area contributed by atoms with Crippen LogP contribution in [0.1, 0.15) is 49.7 Å². The number of carbonyl (C=O) groups excluding carboxylic acids is 1. The predicted molar refractivity (Wildman–Crippen MR) is 73.2 cm³/mol. The molecule has 2 atom stereocenters. The summed E-state index contributed by atoms with van der Waals surface area (Å²) in [6.07, 6.45) is 0. The molecule has 0 aromatic heterocycles. The van der Waals surface area contributed by atoms with Crippen LogP contribution < -0.4 is 5.32 Å². The van der Waals surface area contributed by atoms with E-state index in [0.717, 1.165) is 5.56 Å². The molecule has 0 fully saturated rings. The van der Waals surface area contributed by atoms with Gasteiger partial charge in [0.05, 0.1) is 0 Å². The van der Waals surface area contributed by atoms with Crippen LogP contribution in [0.5, 0.6) is 0 Å². The van der Waals surface area contributed by atoms with E-state index in [1.54, 1.807) is 12.1 Å². The molecule has 0 bridgehead atoms. The molecule has 0 saturated carbocycles. The number of hydrogen-bond donors (Lipinski definition) is 1. The zero-order valence-corrected chi connectivity index (χ0v) is 11.4. The first-order valence-corrected chi connectivity index (χ1v) is 6.23. The molecule has 0 aliphatic rings. The first-order valence-electron chi connectivity index (χ1n) is 6.23. The molecule has 3 nitrogen and oxygen atoms in total. The third-order valence-corrected chi connectivity index (χ3v) is 3.18. The largest absolute Gasteiger partial charge is 0.349 e. The number of carbonyl (C=O) groups is 1. The Balaban J connectivity index is 2.84. The van der Waals surface area contributed by atoms with Crippen molar-refractivity contribution < 1.29 is 4.79 Å². The van der Waals surface area contributed by atoms with Crippen LogP contribution in [0.2, 0.25) is 0 Å². The van der Waals surface area contributed by atoms with E-state index in [1.165, 1.54) is 0 Å². The number of nitrogens with one attached hydrogen (secondary N) is 1. The summed E-state index contributed by atoms with van der Waals surface area (Å²) in [6, 6.07) is 7.21. The van der Waals surface area contributed by atoms with Crippen molar-refractivity contribution in [1.82, 2.24) is 5.32 Å². The molecule has 0 aliphatic heterocycles. The highest BCUT2D eigenvalue weighted by molar-refractivity contribution is 5.94. The summed E-state index contributed by atoms with van der Waals surface area (Å²) in [5.41, 5.74) is 1.50. The minimum absolute atomic E-state index is 0.0739. The highest BCUT2D eigenvalue weighted by Gasteiger charge is 2.15. The van der Waals surface area contributed by atoms with Gasteiger partial charge in [-0.3, -0.25) is 4.79 Å². The van der Waals surface area contributed by atoms with Crippen LogP contribution in [-0.4, -0.2) is 11.9 Å². The molecule has 0 aliphatic carbocycles. The average molecular weight is 244 g/mol. The topological polar surface area (TPSA) is 33.5 Å². The summed E-state index contributed by atoms with van der Waals surface area (Å²) < 4.78 is 0. The maximum Gasteiger partial charge on any atom is 0.251 e. The maximum atomic E-state index is 12.0. The van der Waals surface area contributed by atoms with Gasteiger partial charge in [0.1, 0.15) is 0 Å². The van der Waals surface area contributed by atoms with Gasteiger partial charge < -0.3 is 10.2 Å². The van der Waals surface area contributed by atoms with E-state index in [2.05, 4.69) is 24.0 Å². The predicted octanol–water partition coefficient (Wildman–Crippen LogP) is 3.44. The first kappa shape index (κ1) is 14.2. The molecule has 3 heteroatoms. The molecule has 0 radical (unpaired) electrons. The van der Waals surface area contributed by atoms with Crippen LogP contribution in [0.3, 0.4) is 0 Å². The molecular formula is C15H20N2O. The second-order valence-electron chi connectivity index (χ2n) is 4.94. The van der Waals surface area contributed by atoms with Gasteiger partial charge in [-0.2, -0.15) is 0 Å². The second kappa shape index (κ2) is 6.20. The summed E-state index contributed by atoms with van der Waals surface area (Å²) in [6.45, 7) is 15.0. The minimum Gasteiger partial charge on any atom is -0.349 e. The van der Waals surface area contributed by atoms with Crippen molar-refractivity contribution in [2.24, 2.45) is 5.92 Å². The van der Waals surface area contributed by atoms with Crippen LogP contribution in [0.15, 0.2) is 24.3 Å². The monoisotopic (exact) mass is 244 g/mol. The fraction of sp³-hybridized carbons (Fsp3) is 0.467. The van der Waals surface area contributed by atoms with E-state index in [9.17, 15) is 4.79 Å². The summed E-state index contributed by atoms with van der Waals surface area (Å²) >= 11 is 0. The number of nitrogens with zero attached hydrogens (tertiary/aromatic N) is 1. The van der Waals surface area contributed by atoms with Crippen molar-refractivity contribution in [3.05, 3.63) is 46.8 Å². The van der Waals surface area contributed by atoms with E-state index < -0.39 is 0 Å². The van der Waals surface area contributed by atoms with Crippen LogP contribution in [-0.2, 0) is 0 Å². The Kier molecular flexibility index (Phi) is 4.91. The average Bonchev–Trinajstić information content (AvgIpc) is 2.37. The summed E-state index contributed by atoms with van der Waals surface area (Å²) in [5.74, 6) is 0.328. The molecule has 1 aromatic carbocycles. The van der Waals surface area contributed by atoms with E-state index in [-0.39, 0.29) is 18.0 Å². The lowest BCUT2D eigenvalue weighted by molar-refractivity contribution is 0.0930. The molecule has 1 aromatic rings. The quantitative estimate of drug-likeness (QED) is 0.809. The molecule has 1 N–H and O–H groups in total. The van der Waals surface area contributed by atoms with Gasteiger partial charge in [0.15, 0.2) is 0 Å². The molecule has 96 valence electrons. The Hall–Kier alpha value is -1.82. The number of rotatable bonds is 4. The van der Waals surface area contributed by atoms with Crippen molar-refractivity contribution in [1.29, 1.82) is 0 Å². The van der Waals surface area contributed by atoms with E-state index in [1.807, 2.05) is 26.0 Å². The summed E-state index contributed by atoms with van der Waals surface area (Å²) in [4.78, 5) is 15.5. The van der Waals surface area contributed by atoms with Crippen LogP contribution in [0.4, 0.5) is 0 Å². The summed E-state index contributed by atoms with van der Waals surface area (Å²) in [7, 11) is 0. The van der Waals surface area contributed by atoms with Gasteiger partial charge in [-0.1, -0.05) is 26.0 Å². The van der Waals surface area contributed by atoms with Crippen molar-refractivity contribution in [3.8, 4) is 0 Å². The zero-order valence-electron chi connectivity index (χ0n) is 11.4. The minimum atomic E-state index is -0.208. The smallest absolute Gasteiger partial charge is 0.251 e. The zero-order chi connectivity index (χ0) is 13.7. The van der Waals surface area contributed by atoms with Crippen molar-refractivity contribution in [2.45, 2.75) is 39.8 Å². The lowest BCUT2D eigenvalue weighted by Crippen LogP contribution is -2.36. The fourth-order valence-corrected chi connectivity index (χ4v) is 1.47. The maximum absolute atomic E-state index is 12.0. The van der Waals surface area contributed by atoms with Crippen molar-refractivity contribution in [2.75, 3.05) is 0 Å². The van der Waals surface area contributed by atoms with E-state index in [0.29, 0.717) is 11.5 Å². The van der Waals surface area contributed by atoms with Crippen LogP contribution in [0, 0.1) is 12.5 Å². The Bertz CT molecular complexity index is 460. The Labute approximate surface area is 109 Å².